The molecule has 0 atom stereocenters. The number of rotatable bonds is 7. The highest BCUT2D eigenvalue weighted by molar-refractivity contribution is 6.01. The Hall–Kier alpha value is -2.64. The summed E-state index contributed by atoms with van der Waals surface area (Å²) in [6.45, 7) is 8.01. The number of esters is 1. The van der Waals surface area contributed by atoms with E-state index in [1.165, 1.54) is 13.2 Å². The summed E-state index contributed by atoms with van der Waals surface area (Å²) in [5, 5.41) is 11.2. The number of hydrogen-bond donors (Lipinski definition) is 0. The average Bonchev–Trinajstić information content (AvgIpc) is 2.49. The number of ketones is 1. The zero-order valence-electron chi connectivity index (χ0n) is 15.2. The zero-order chi connectivity index (χ0) is 19.4. The molecule has 0 radical (unpaired) electrons. The van der Waals surface area contributed by atoms with Gasteiger partial charge in [-0.2, -0.15) is 0 Å². The number of benzene rings is 1. The van der Waals surface area contributed by atoms with Crippen LogP contribution in [0.1, 0.15) is 45.0 Å². The first-order valence-corrected chi connectivity index (χ1v) is 7.71. The van der Waals surface area contributed by atoms with Crippen LogP contribution in [-0.2, 0) is 9.53 Å². The normalized spacial score (nSPS) is 11.2. The van der Waals surface area contributed by atoms with E-state index in [-0.39, 0.29) is 22.7 Å². The highest BCUT2D eigenvalue weighted by Gasteiger charge is 2.26. The van der Waals surface area contributed by atoms with Crippen molar-refractivity contribution >= 4 is 17.4 Å². The summed E-state index contributed by atoms with van der Waals surface area (Å²) in [5.74, 6) is -1.34. The molecule has 0 N–H and O–H groups in total. The van der Waals surface area contributed by atoms with E-state index < -0.39 is 34.8 Å². The molecule has 0 aromatic heterocycles. The lowest BCUT2D eigenvalue weighted by Gasteiger charge is -2.20. The Morgan fingerprint density at radius 1 is 1.20 bits per heavy atom. The van der Waals surface area contributed by atoms with Gasteiger partial charge in [-0.15, -0.1) is 0 Å². The molecule has 0 aliphatic carbocycles. The highest BCUT2D eigenvalue weighted by atomic mass is 16.6. The third kappa shape index (κ3) is 5.74. The van der Waals surface area contributed by atoms with Crippen LogP contribution in [0.5, 0.6) is 11.5 Å². The third-order valence-corrected chi connectivity index (χ3v) is 3.03. The molecule has 0 bridgehead atoms. The van der Waals surface area contributed by atoms with Crippen molar-refractivity contribution in [2.45, 2.75) is 40.2 Å². The van der Waals surface area contributed by atoms with Crippen LogP contribution in [0.4, 0.5) is 5.69 Å². The number of Topliss-reactive ketones (excluding diaryl/α,β-unsaturated/α-hetero) is 1. The van der Waals surface area contributed by atoms with Gasteiger partial charge in [0.2, 0.25) is 0 Å². The van der Waals surface area contributed by atoms with Gasteiger partial charge < -0.3 is 14.2 Å². The summed E-state index contributed by atoms with van der Waals surface area (Å²) in [7, 11) is 1.31. The van der Waals surface area contributed by atoms with E-state index >= 15 is 0 Å². The smallest absolute Gasteiger partial charge is 0.344 e. The summed E-state index contributed by atoms with van der Waals surface area (Å²) >= 11 is 0. The van der Waals surface area contributed by atoms with E-state index in [4.69, 9.17) is 14.2 Å². The first-order chi connectivity index (χ1) is 11.5. The van der Waals surface area contributed by atoms with Gasteiger partial charge in [-0.05, 0) is 20.8 Å². The molecule has 0 aliphatic heterocycles. The SMILES string of the molecule is COc1cc([N+](=O)[O-])c(C(=O)C(C)C)cc1OCC(=O)OC(C)(C)C. The van der Waals surface area contributed by atoms with Gasteiger partial charge in [0.1, 0.15) is 5.60 Å². The van der Waals surface area contributed by atoms with Crippen LogP contribution in [0.3, 0.4) is 0 Å². The van der Waals surface area contributed by atoms with E-state index in [0.29, 0.717) is 0 Å². The molecular weight excluding hydrogens is 330 g/mol. The van der Waals surface area contributed by atoms with Crippen molar-refractivity contribution in [1.82, 2.24) is 0 Å². The van der Waals surface area contributed by atoms with Crippen molar-refractivity contribution in [2.24, 2.45) is 5.92 Å². The summed E-state index contributed by atoms with van der Waals surface area (Å²) in [5.41, 5.74) is -1.14. The number of methoxy groups -OCH3 is 1. The molecule has 0 unspecified atom stereocenters. The van der Waals surface area contributed by atoms with Crippen molar-refractivity contribution in [3.63, 3.8) is 0 Å². The van der Waals surface area contributed by atoms with Crippen molar-refractivity contribution in [2.75, 3.05) is 13.7 Å². The molecule has 138 valence electrons. The van der Waals surface area contributed by atoms with Gasteiger partial charge in [0, 0.05) is 12.0 Å². The Morgan fingerprint density at radius 2 is 1.80 bits per heavy atom. The monoisotopic (exact) mass is 353 g/mol. The van der Waals surface area contributed by atoms with Crippen LogP contribution >= 0.6 is 0 Å². The maximum absolute atomic E-state index is 12.3. The average molecular weight is 353 g/mol. The fraction of sp³-hybridized carbons (Fsp3) is 0.529. The fourth-order valence-electron chi connectivity index (χ4n) is 1.99. The minimum Gasteiger partial charge on any atom is -0.493 e. The van der Waals surface area contributed by atoms with Gasteiger partial charge in [0.15, 0.2) is 23.9 Å². The maximum Gasteiger partial charge on any atom is 0.344 e. The molecule has 0 heterocycles. The standard InChI is InChI=1S/C17H23NO7/c1-10(2)16(20)11-7-14(13(23-6)8-12(11)18(21)22)24-9-15(19)25-17(3,4)5/h7-8,10H,9H2,1-6H3. The third-order valence-electron chi connectivity index (χ3n) is 3.03. The Bertz CT molecular complexity index is 674. The molecule has 0 saturated carbocycles. The van der Waals surface area contributed by atoms with Gasteiger partial charge in [-0.3, -0.25) is 14.9 Å². The maximum atomic E-state index is 12.3. The predicted molar refractivity (Wildman–Crippen MR) is 90.2 cm³/mol. The van der Waals surface area contributed by atoms with Crippen LogP contribution in [0, 0.1) is 16.0 Å². The minimum atomic E-state index is -0.668. The minimum absolute atomic E-state index is 0.0514. The van der Waals surface area contributed by atoms with Gasteiger partial charge in [-0.1, -0.05) is 13.8 Å². The molecule has 1 rings (SSSR count). The lowest BCUT2D eigenvalue weighted by molar-refractivity contribution is -0.385. The second-order valence-electron chi connectivity index (χ2n) is 6.67. The Morgan fingerprint density at radius 3 is 2.24 bits per heavy atom. The fourth-order valence-corrected chi connectivity index (χ4v) is 1.99. The van der Waals surface area contributed by atoms with Crippen molar-refractivity contribution < 1.29 is 28.7 Å². The first-order valence-electron chi connectivity index (χ1n) is 7.71. The van der Waals surface area contributed by atoms with Gasteiger partial charge >= 0.3 is 5.97 Å². The summed E-state index contributed by atoms with van der Waals surface area (Å²) < 4.78 is 15.6. The Balaban J connectivity index is 3.18. The van der Waals surface area contributed by atoms with E-state index in [2.05, 4.69) is 0 Å². The first kappa shape index (κ1) is 20.4. The number of nitro benzene ring substituents is 1. The van der Waals surface area contributed by atoms with Crippen LogP contribution in [0.2, 0.25) is 0 Å². The zero-order valence-corrected chi connectivity index (χ0v) is 15.2. The molecule has 1 aromatic rings. The second kappa shape index (κ2) is 7.96. The Kier molecular flexibility index (Phi) is 6.49. The lowest BCUT2D eigenvalue weighted by Crippen LogP contribution is -2.27. The molecular formula is C17H23NO7. The number of hydrogen-bond acceptors (Lipinski definition) is 7. The van der Waals surface area contributed by atoms with Gasteiger partial charge in [0.25, 0.3) is 5.69 Å². The van der Waals surface area contributed by atoms with Gasteiger partial charge in [0.05, 0.1) is 23.7 Å². The lowest BCUT2D eigenvalue weighted by atomic mass is 9.99. The van der Waals surface area contributed by atoms with Crippen LogP contribution in [0.15, 0.2) is 12.1 Å². The number of carbonyl (C=O) groups is 2. The van der Waals surface area contributed by atoms with Crippen molar-refractivity contribution in [3.8, 4) is 11.5 Å². The van der Waals surface area contributed by atoms with E-state index in [9.17, 15) is 19.7 Å². The quantitative estimate of drug-likeness (QED) is 0.321. The molecule has 1 aromatic carbocycles. The van der Waals surface area contributed by atoms with Crippen molar-refractivity contribution in [3.05, 3.63) is 27.8 Å². The summed E-state index contributed by atoms with van der Waals surface area (Å²) in [6, 6.07) is 2.34. The summed E-state index contributed by atoms with van der Waals surface area (Å²) in [4.78, 5) is 34.6. The van der Waals surface area contributed by atoms with Gasteiger partial charge in [-0.25, -0.2) is 4.79 Å². The van der Waals surface area contributed by atoms with E-state index in [0.717, 1.165) is 6.07 Å². The Labute approximate surface area is 146 Å². The molecule has 8 heteroatoms. The number of carbonyl (C=O) groups excluding carboxylic acids is 2. The molecule has 0 saturated heterocycles. The molecule has 0 aliphatic rings. The molecule has 0 amide bonds. The number of nitrogens with zero attached hydrogens (tertiary/aromatic N) is 1. The highest BCUT2D eigenvalue weighted by Crippen LogP contribution is 2.35. The molecule has 8 nitrogen and oxygen atoms in total. The summed E-state index contributed by atoms with van der Waals surface area (Å²) in [6.07, 6.45) is 0. The van der Waals surface area contributed by atoms with E-state index in [1.54, 1.807) is 34.6 Å². The largest absolute Gasteiger partial charge is 0.493 e. The van der Waals surface area contributed by atoms with E-state index in [1.807, 2.05) is 0 Å². The second-order valence-corrected chi connectivity index (χ2v) is 6.67. The number of ether oxygens (including phenoxy) is 3. The van der Waals surface area contributed by atoms with Crippen molar-refractivity contribution in [1.29, 1.82) is 0 Å². The predicted octanol–water partition coefficient (Wildman–Crippen LogP) is 3.16. The van der Waals surface area contributed by atoms with Crippen LogP contribution in [-0.4, -0.2) is 36.0 Å². The molecule has 25 heavy (non-hydrogen) atoms. The number of nitro groups is 1. The molecule has 0 spiro atoms. The van der Waals surface area contributed by atoms with Crippen LogP contribution < -0.4 is 9.47 Å². The topological polar surface area (TPSA) is 105 Å². The van der Waals surface area contributed by atoms with Crippen LogP contribution in [0.25, 0.3) is 0 Å². The molecule has 0 fully saturated rings.